The summed E-state index contributed by atoms with van der Waals surface area (Å²) in [6.45, 7) is 7.99. The number of piperidine rings is 1. The molecule has 1 unspecified atom stereocenters. The predicted octanol–water partition coefficient (Wildman–Crippen LogP) is 3.05. The van der Waals surface area contributed by atoms with Crippen molar-refractivity contribution in [2.24, 2.45) is 5.92 Å². The molecule has 0 N–H and O–H groups in total. The van der Waals surface area contributed by atoms with Gasteiger partial charge in [0, 0.05) is 19.7 Å². The van der Waals surface area contributed by atoms with Gasteiger partial charge in [0.25, 0.3) is 0 Å². The molecule has 0 radical (unpaired) electrons. The van der Waals surface area contributed by atoms with Gasteiger partial charge in [-0.3, -0.25) is 0 Å². The molecule has 0 aliphatic carbocycles. The molecule has 0 spiro atoms. The van der Waals surface area contributed by atoms with Crippen LogP contribution in [0.15, 0.2) is 23.4 Å². The molecule has 0 amide bonds. The molecule has 0 bridgehead atoms. The summed E-state index contributed by atoms with van der Waals surface area (Å²) in [5, 5.41) is 0.160. The van der Waals surface area contributed by atoms with Crippen LogP contribution >= 0.6 is 0 Å². The van der Waals surface area contributed by atoms with Crippen molar-refractivity contribution in [1.82, 2.24) is 4.98 Å². The third-order valence-electron chi connectivity index (χ3n) is 5.20. The topological polar surface area (TPSA) is 59.5 Å². The van der Waals surface area contributed by atoms with E-state index in [9.17, 15) is 8.42 Å². The molecule has 2 aliphatic heterocycles. The van der Waals surface area contributed by atoms with Crippen molar-refractivity contribution in [2.45, 2.75) is 62.3 Å². The molecule has 134 valence electrons. The van der Waals surface area contributed by atoms with E-state index in [1.807, 2.05) is 6.07 Å². The minimum Gasteiger partial charge on any atom is -0.378 e. The summed E-state index contributed by atoms with van der Waals surface area (Å²) >= 11 is 0. The van der Waals surface area contributed by atoms with Crippen molar-refractivity contribution in [2.75, 3.05) is 24.6 Å². The molecule has 3 heterocycles. The van der Waals surface area contributed by atoms with Gasteiger partial charge in [0.1, 0.15) is 0 Å². The lowest BCUT2D eigenvalue weighted by Crippen LogP contribution is -2.37. The molecule has 24 heavy (non-hydrogen) atoms. The third kappa shape index (κ3) is 3.45. The second-order valence-corrected chi connectivity index (χ2v) is 10.5. The van der Waals surface area contributed by atoms with E-state index < -0.39 is 14.6 Å². The number of aromatic nitrogens is 1. The highest BCUT2D eigenvalue weighted by Gasteiger charge is 2.33. The second kappa shape index (κ2) is 6.64. The first-order chi connectivity index (χ1) is 11.3. The Hall–Kier alpha value is -1.14. The summed E-state index contributed by atoms with van der Waals surface area (Å²) in [7, 11) is -3.39. The van der Waals surface area contributed by atoms with Crippen molar-refractivity contribution in [3.8, 4) is 0 Å². The van der Waals surface area contributed by atoms with Crippen molar-refractivity contribution < 1.29 is 13.2 Å². The van der Waals surface area contributed by atoms with Crippen LogP contribution < -0.4 is 4.90 Å². The Balaban J connectivity index is 1.65. The zero-order chi connectivity index (χ0) is 17.4. The van der Waals surface area contributed by atoms with Gasteiger partial charge in [0.15, 0.2) is 14.9 Å². The van der Waals surface area contributed by atoms with E-state index in [0.29, 0.717) is 12.0 Å². The summed E-state index contributed by atoms with van der Waals surface area (Å²) < 4.78 is 29.9. The number of hydrogen-bond donors (Lipinski definition) is 0. The van der Waals surface area contributed by atoms with Crippen LogP contribution in [0, 0.1) is 5.92 Å². The number of rotatable bonds is 3. The Morgan fingerprint density at radius 3 is 2.38 bits per heavy atom. The molecule has 6 heteroatoms. The van der Waals surface area contributed by atoms with Crippen molar-refractivity contribution >= 4 is 15.5 Å². The van der Waals surface area contributed by atoms with E-state index in [-0.39, 0.29) is 5.03 Å². The van der Waals surface area contributed by atoms with Crippen LogP contribution in [-0.2, 0) is 14.6 Å². The SMILES string of the molecule is CC(C)(C)S(=O)(=O)c1ccc(N2CCC(C3CCCO3)CC2)cn1. The van der Waals surface area contributed by atoms with Crippen molar-refractivity contribution in [3.63, 3.8) is 0 Å². The maximum Gasteiger partial charge on any atom is 0.200 e. The number of pyridine rings is 1. The lowest BCUT2D eigenvalue weighted by Gasteiger charge is -2.35. The van der Waals surface area contributed by atoms with Crippen LogP contribution in [-0.4, -0.2) is 43.9 Å². The largest absolute Gasteiger partial charge is 0.378 e. The molecule has 2 saturated heterocycles. The molecule has 0 saturated carbocycles. The first kappa shape index (κ1) is 17.7. The second-order valence-electron chi connectivity index (χ2n) is 7.85. The number of anilines is 1. The summed E-state index contributed by atoms with van der Waals surface area (Å²) in [6, 6.07) is 3.53. The molecular formula is C18H28N2O3S. The molecule has 1 aromatic heterocycles. The van der Waals surface area contributed by atoms with E-state index in [0.717, 1.165) is 38.2 Å². The minimum absolute atomic E-state index is 0.160. The predicted molar refractivity (Wildman–Crippen MR) is 95.1 cm³/mol. The number of hydrogen-bond acceptors (Lipinski definition) is 5. The zero-order valence-electron chi connectivity index (χ0n) is 14.9. The van der Waals surface area contributed by atoms with Crippen molar-refractivity contribution in [1.29, 1.82) is 0 Å². The van der Waals surface area contributed by atoms with Crippen LogP contribution in [0.3, 0.4) is 0 Å². The van der Waals surface area contributed by atoms with Gasteiger partial charge in [0.05, 0.1) is 22.7 Å². The monoisotopic (exact) mass is 352 g/mol. The molecule has 2 fully saturated rings. The molecule has 1 aromatic rings. The first-order valence-electron chi connectivity index (χ1n) is 8.86. The zero-order valence-corrected chi connectivity index (χ0v) is 15.7. The van der Waals surface area contributed by atoms with Crippen LogP contribution in [0.2, 0.25) is 0 Å². The van der Waals surface area contributed by atoms with Gasteiger partial charge in [-0.1, -0.05) is 0 Å². The lowest BCUT2D eigenvalue weighted by atomic mass is 9.89. The Labute approximate surface area is 145 Å². The average molecular weight is 353 g/mol. The number of nitrogens with zero attached hydrogens (tertiary/aromatic N) is 2. The van der Waals surface area contributed by atoms with Crippen LogP contribution in [0.5, 0.6) is 0 Å². The van der Waals surface area contributed by atoms with E-state index >= 15 is 0 Å². The maximum absolute atomic E-state index is 12.4. The average Bonchev–Trinajstić information content (AvgIpc) is 3.08. The van der Waals surface area contributed by atoms with Gasteiger partial charge in [0.2, 0.25) is 0 Å². The standard InChI is InChI=1S/C18H28N2O3S/c1-18(2,3)24(21,22)17-7-6-15(13-19-17)20-10-8-14(9-11-20)16-5-4-12-23-16/h6-7,13-14,16H,4-5,8-12H2,1-3H3. The quantitative estimate of drug-likeness (QED) is 0.837. The number of sulfone groups is 1. The summed E-state index contributed by atoms with van der Waals surface area (Å²) in [5.41, 5.74) is 1.01. The number of ether oxygens (including phenoxy) is 1. The summed E-state index contributed by atoms with van der Waals surface area (Å²) in [6.07, 6.45) is 6.80. The summed E-state index contributed by atoms with van der Waals surface area (Å²) in [5.74, 6) is 0.664. The van der Waals surface area contributed by atoms with Crippen LogP contribution in [0.25, 0.3) is 0 Å². The summed E-state index contributed by atoms with van der Waals surface area (Å²) in [4.78, 5) is 6.53. The van der Waals surface area contributed by atoms with Gasteiger partial charge in [-0.2, -0.15) is 0 Å². The third-order valence-corrected chi connectivity index (χ3v) is 7.60. The Morgan fingerprint density at radius 2 is 1.88 bits per heavy atom. The van der Waals surface area contributed by atoms with Gasteiger partial charge in [-0.05, 0) is 64.5 Å². The molecule has 1 atom stereocenters. The Bertz CT molecular complexity index is 650. The smallest absolute Gasteiger partial charge is 0.200 e. The molecular weight excluding hydrogens is 324 g/mol. The fourth-order valence-corrected chi connectivity index (χ4v) is 4.60. The fraction of sp³-hybridized carbons (Fsp3) is 0.722. The van der Waals surface area contributed by atoms with Gasteiger partial charge >= 0.3 is 0 Å². The minimum atomic E-state index is -3.39. The van der Waals surface area contributed by atoms with Crippen LogP contribution in [0.1, 0.15) is 46.5 Å². The fourth-order valence-electron chi connectivity index (χ4n) is 3.54. The molecule has 0 aromatic carbocycles. The highest BCUT2D eigenvalue weighted by atomic mass is 32.2. The molecule has 5 nitrogen and oxygen atoms in total. The van der Waals surface area contributed by atoms with E-state index in [1.165, 1.54) is 12.8 Å². The van der Waals surface area contributed by atoms with Crippen molar-refractivity contribution in [3.05, 3.63) is 18.3 Å². The first-order valence-corrected chi connectivity index (χ1v) is 10.3. The lowest BCUT2D eigenvalue weighted by molar-refractivity contribution is 0.0531. The van der Waals surface area contributed by atoms with Gasteiger partial charge < -0.3 is 9.64 Å². The molecule has 3 rings (SSSR count). The van der Waals surface area contributed by atoms with Crippen LogP contribution in [0.4, 0.5) is 5.69 Å². The van der Waals surface area contributed by atoms with E-state index in [4.69, 9.17) is 4.74 Å². The Morgan fingerprint density at radius 1 is 1.17 bits per heavy atom. The highest BCUT2D eigenvalue weighted by Crippen LogP contribution is 2.31. The molecule has 2 aliphatic rings. The van der Waals surface area contributed by atoms with Gasteiger partial charge in [-0.25, -0.2) is 13.4 Å². The highest BCUT2D eigenvalue weighted by molar-refractivity contribution is 7.92. The Kier molecular flexibility index (Phi) is 4.89. The van der Waals surface area contributed by atoms with E-state index in [1.54, 1.807) is 33.0 Å². The maximum atomic E-state index is 12.4. The normalized spacial score (nSPS) is 23.6. The van der Waals surface area contributed by atoms with Gasteiger partial charge in [-0.15, -0.1) is 0 Å². The van der Waals surface area contributed by atoms with E-state index in [2.05, 4.69) is 9.88 Å².